The Morgan fingerprint density at radius 2 is 1.70 bits per heavy atom. The normalized spacial score (nSPS) is 13.3. The predicted molar refractivity (Wildman–Crippen MR) is 80.8 cm³/mol. The van der Waals surface area contributed by atoms with Crippen LogP contribution in [0, 0.1) is 6.92 Å². The quantitative estimate of drug-likeness (QED) is 0.871. The number of carbonyl (C=O) groups excluding carboxylic acids is 2. The summed E-state index contributed by atoms with van der Waals surface area (Å²) in [6, 6.07) is 7.36. The van der Waals surface area contributed by atoms with E-state index < -0.39 is 23.5 Å². The van der Waals surface area contributed by atoms with Crippen LogP contribution in [-0.4, -0.2) is 29.6 Å². The zero-order chi connectivity index (χ0) is 17.8. The molecule has 0 radical (unpaired) electrons. The van der Waals surface area contributed by atoms with Gasteiger partial charge in [-0.15, -0.1) is 0 Å². The average molecular weight is 330 g/mol. The number of amides is 2. The van der Waals surface area contributed by atoms with Gasteiger partial charge in [0.1, 0.15) is 5.54 Å². The van der Waals surface area contributed by atoms with E-state index in [1.165, 1.54) is 13.8 Å². The number of aryl methyl sites for hydroxylation is 1. The fourth-order valence-corrected chi connectivity index (χ4v) is 2.04. The molecule has 1 atom stereocenters. The number of benzene rings is 1. The largest absolute Gasteiger partial charge is 0.471 e. The molecule has 23 heavy (non-hydrogen) atoms. The molecule has 0 aliphatic heterocycles. The fraction of sp³-hybridized carbons (Fsp3) is 0.500. The maximum Gasteiger partial charge on any atom is 0.471 e. The molecule has 1 aromatic rings. The second-order valence-electron chi connectivity index (χ2n) is 6.08. The average Bonchev–Trinajstić information content (AvgIpc) is 2.39. The lowest BCUT2D eigenvalue weighted by Gasteiger charge is -2.27. The van der Waals surface area contributed by atoms with Gasteiger partial charge in [0.15, 0.2) is 0 Å². The van der Waals surface area contributed by atoms with Gasteiger partial charge in [-0.1, -0.05) is 24.3 Å². The van der Waals surface area contributed by atoms with E-state index in [4.69, 9.17) is 0 Å². The van der Waals surface area contributed by atoms with E-state index in [2.05, 4.69) is 5.32 Å². The third-order valence-electron chi connectivity index (χ3n) is 3.42. The number of hydrogen-bond acceptors (Lipinski definition) is 2. The van der Waals surface area contributed by atoms with Gasteiger partial charge in [0.25, 0.3) is 0 Å². The minimum atomic E-state index is -5.02. The van der Waals surface area contributed by atoms with Crippen molar-refractivity contribution in [2.75, 3.05) is 0 Å². The summed E-state index contributed by atoms with van der Waals surface area (Å²) in [6.45, 7) is 6.16. The third kappa shape index (κ3) is 5.58. The smallest absolute Gasteiger partial charge is 0.351 e. The molecule has 1 aromatic carbocycles. The first kappa shape index (κ1) is 19.0. The van der Waals surface area contributed by atoms with Crippen molar-refractivity contribution in [1.29, 1.82) is 0 Å². The first-order valence-electron chi connectivity index (χ1n) is 7.18. The lowest BCUT2D eigenvalue weighted by atomic mass is 10.00. The van der Waals surface area contributed by atoms with Gasteiger partial charge in [0, 0.05) is 6.04 Å². The van der Waals surface area contributed by atoms with Crippen molar-refractivity contribution >= 4 is 11.8 Å². The Hall–Kier alpha value is -2.05. The lowest BCUT2D eigenvalue weighted by molar-refractivity contribution is -0.176. The van der Waals surface area contributed by atoms with E-state index >= 15 is 0 Å². The summed E-state index contributed by atoms with van der Waals surface area (Å²) in [7, 11) is 0. The number of carbonyl (C=O) groups is 2. The van der Waals surface area contributed by atoms with Gasteiger partial charge < -0.3 is 10.6 Å². The molecule has 128 valence electrons. The maximum absolute atomic E-state index is 12.3. The van der Waals surface area contributed by atoms with Crippen LogP contribution in [0.5, 0.6) is 0 Å². The van der Waals surface area contributed by atoms with Gasteiger partial charge in [-0.25, -0.2) is 0 Å². The molecular formula is C16H21F3N2O2. The minimum absolute atomic E-state index is 0.286. The van der Waals surface area contributed by atoms with Gasteiger partial charge in [-0.3, -0.25) is 9.59 Å². The molecule has 7 heteroatoms. The predicted octanol–water partition coefficient (Wildman–Crippen LogP) is 2.50. The van der Waals surface area contributed by atoms with Gasteiger partial charge in [-0.2, -0.15) is 13.2 Å². The molecule has 0 aliphatic rings. The number of halogens is 3. The first-order chi connectivity index (χ1) is 10.4. The van der Waals surface area contributed by atoms with E-state index in [0.717, 1.165) is 11.1 Å². The molecule has 1 unspecified atom stereocenters. The Morgan fingerprint density at radius 1 is 1.13 bits per heavy atom. The molecule has 2 amide bonds. The second kappa shape index (κ2) is 7.02. The molecular weight excluding hydrogens is 309 g/mol. The van der Waals surface area contributed by atoms with Crippen molar-refractivity contribution in [3.8, 4) is 0 Å². The zero-order valence-corrected chi connectivity index (χ0v) is 13.5. The van der Waals surface area contributed by atoms with E-state index in [9.17, 15) is 22.8 Å². The zero-order valence-electron chi connectivity index (χ0n) is 13.5. The fourth-order valence-electron chi connectivity index (χ4n) is 2.04. The van der Waals surface area contributed by atoms with Gasteiger partial charge in [0.2, 0.25) is 5.91 Å². The van der Waals surface area contributed by atoms with E-state index in [-0.39, 0.29) is 6.04 Å². The highest BCUT2D eigenvalue weighted by Gasteiger charge is 2.43. The van der Waals surface area contributed by atoms with Crippen LogP contribution in [0.4, 0.5) is 13.2 Å². The molecule has 0 spiro atoms. The van der Waals surface area contributed by atoms with Crippen LogP contribution < -0.4 is 10.6 Å². The highest BCUT2D eigenvalue weighted by molar-refractivity contribution is 5.92. The Bertz CT molecular complexity index is 583. The highest BCUT2D eigenvalue weighted by atomic mass is 19.4. The summed E-state index contributed by atoms with van der Waals surface area (Å²) >= 11 is 0. The molecule has 2 N–H and O–H groups in total. The summed E-state index contributed by atoms with van der Waals surface area (Å²) in [5.74, 6) is -2.81. The van der Waals surface area contributed by atoms with Crippen LogP contribution in [0.3, 0.4) is 0 Å². The van der Waals surface area contributed by atoms with Crippen LogP contribution >= 0.6 is 0 Å². The Labute approximate surface area is 133 Å². The molecule has 0 saturated carbocycles. The van der Waals surface area contributed by atoms with E-state index in [1.807, 2.05) is 31.2 Å². The van der Waals surface area contributed by atoms with Gasteiger partial charge in [0.05, 0.1) is 0 Å². The summed E-state index contributed by atoms with van der Waals surface area (Å²) in [5.41, 5.74) is 0.447. The molecule has 0 heterocycles. The molecule has 1 rings (SSSR count). The summed E-state index contributed by atoms with van der Waals surface area (Å²) in [6.07, 6.45) is -4.48. The van der Waals surface area contributed by atoms with Crippen molar-refractivity contribution < 1.29 is 22.8 Å². The number of rotatable bonds is 5. The second-order valence-corrected chi connectivity index (χ2v) is 6.08. The van der Waals surface area contributed by atoms with Crippen molar-refractivity contribution in [2.24, 2.45) is 0 Å². The number of nitrogens with one attached hydrogen (secondary N) is 2. The maximum atomic E-state index is 12.3. The summed E-state index contributed by atoms with van der Waals surface area (Å²) in [5, 5.41) is 4.33. The van der Waals surface area contributed by atoms with Crippen molar-refractivity contribution in [2.45, 2.75) is 51.9 Å². The highest BCUT2D eigenvalue weighted by Crippen LogP contribution is 2.17. The minimum Gasteiger partial charge on any atom is -0.351 e. The molecule has 4 nitrogen and oxygen atoms in total. The SMILES string of the molecule is Cc1ccccc1CC(C)NC(=O)C(C)(C)NC(=O)C(F)(F)F. The van der Waals surface area contributed by atoms with Crippen LogP contribution in [0.2, 0.25) is 0 Å². The van der Waals surface area contributed by atoms with Crippen molar-refractivity contribution in [1.82, 2.24) is 10.6 Å². The van der Waals surface area contributed by atoms with Gasteiger partial charge in [-0.05, 0) is 45.2 Å². The molecule has 0 saturated heterocycles. The topological polar surface area (TPSA) is 58.2 Å². The van der Waals surface area contributed by atoms with Gasteiger partial charge >= 0.3 is 12.1 Å². The van der Waals surface area contributed by atoms with Crippen molar-refractivity contribution in [3.05, 3.63) is 35.4 Å². The van der Waals surface area contributed by atoms with Crippen LogP contribution in [0.25, 0.3) is 0 Å². The van der Waals surface area contributed by atoms with Crippen LogP contribution in [0.15, 0.2) is 24.3 Å². The number of alkyl halides is 3. The summed E-state index contributed by atoms with van der Waals surface area (Å²) < 4.78 is 36.9. The van der Waals surface area contributed by atoms with Crippen LogP contribution in [-0.2, 0) is 16.0 Å². The molecule has 0 bridgehead atoms. The monoisotopic (exact) mass is 330 g/mol. The van der Waals surface area contributed by atoms with Crippen molar-refractivity contribution in [3.63, 3.8) is 0 Å². The lowest BCUT2D eigenvalue weighted by Crippen LogP contribution is -2.58. The third-order valence-corrected chi connectivity index (χ3v) is 3.42. The molecule has 0 aromatic heterocycles. The Morgan fingerprint density at radius 3 is 2.22 bits per heavy atom. The number of hydrogen-bond donors (Lipinski definition) is 2. The Balaban J connectivity index is 2.67. The first-order valence-corrected chi connectivity index (χ1v) is 7.18. The molecule has 0 aliphatic carbocycles. The van der Waals surface area contributed by atoms with E-state index in [1.54, 1.807) is 12.2 Å². The Kier molecular flexibility index (Phi) is 5.80. The standard InChI is InChI=1S/C16H21F3N2O2/c1-10-7-5-6-8-12(10)9-11(2)20-13(22)15(3,4)21-14(23)16(17,18)19/h5-8,11H,9H2,1-4H3,(H,20,22)(H,21,23). The summed E-state index contributed by atoms with van der Waals surface area (Å²) in [4.78, 5) is 23.1. The molecule has 0 fully saturated rings. The van der Waals surface area contributed by atoms with Crippen LogP contribution in [0.1, 0.15) is 31.9 Å². The van der Waals surface area contributed by atoms with E-state index in [0.29, 0.717) is 6.42 Å².